The van der Waals surface area contributed by atoms with Gasteiger partial charge in [-0.25, -0.2) is 14.6 Å². The second-order valence-corrected chi connectivity index (χ2v) is 10.6. The molecule has 262 valence electrons. The second kappa shape index (κ2) is 18.8. The van der Waals surface area contributed by atoms with Gasteiger partial charge in [-0.3, -0.25) is 4.79 Å². The number of urea groups is 1. The van der Waals surface area contributed by atoms with Crippen LogP contribution in [0.3, 0.4) is 0 Å². The topological polar surface area (TPSA) is 135 Å². The molecule has 0 aliphatic rings. The molecule has 0 aliphatic heterocycles. The SMILES string of the molecule is CC(=O)C(F)(F)F.CCN(CC)CCC(OC(=O)NCc1cccc(NC(=O)Nc2ccc(-c3cnco3)c(OC)c2)c1)c1ccccc1. The number of oxazole rings is 1. The summed E-state index contributed by atoms with van der Waals surface area (Å²) in [6.45, 7) is 7.68. The molecule has 4 rings (SSSR count). The molecular weight excluding hydrogens is 643 g/mol. The Morgan fingerprint density at radius 3 is 2.20 bits per heavy atom. The van der Waals surface area contributed by atoms with E-state index in [0.29, 0.717) is 36.2 Å². The number of alkyl carbamates (subject to hydrolysis) is 1. The van der Waals surface area contributed by atoms with Crippen LogP contribution in [0.4, 0.5) is 34.1 Å². The number of amides is 3. The van der Waals surface area contributed by atoms with Crippen LogP contribution in [0.25, 0.3) is 11.3 Å². The molecule has 0 spiro atoms. The van der Waals surface area contributed by atoms with Crippen molar-refractivity contribution in [3.63, 3.8) is 0 Å². The number of benzene rings is 3. The van der Waals surface area contributed by atoms with Gasteiger partial charge in [0.1, 0.15) is 11.9 Å². The fourth-order valence-corrected chi connectivity index (χ4v) is 4.52. The molecule has 49 heavy (non-hydrogen) atoms. The number of carbonyl (C=O) groups is 3. The number of alkyl halides is 3. The Balaban J connectivity index is 0.000000838. The van der Waals surface area contributed by atoms with E-state index < -0.39 is 24.1 Å². The van der Waals surface area contributed by atoms with E-state index in [1.807, 2.05) is 42.5 Å². The molecule has 1 aromatic heterocycles. The maximum absolute atomic E-state index is 12.8. The van der Waals surface area contributed by atoms with Crippen LogP contribution in [0.1, 0.15) is 44.4 Å². The highest BCUT2D eigenvalue weighted by atomic mass is 19.4. The Kier molecular flexibility index (Phi) is 14.6. The standard InChI is InChI=1S/C32H37N5O5.C3H3F3O/c1-4-37(5-2)17-16-28(24-11-7-6-8-12-24)42-32(39)34-20-23-10-9-13-25(18-23)35-31(38)36-26-14-15-27(29(19-26)40-3)30-21-33-22-41-30;1-2(7)3(4,5)6/h6-15,18-19,21-22,28H,4-5,16-17,20H2,1-3H3,(H,34,39)(H2,35,36,38);1H3. The molecule has 14 heteroatoms. The molecule has 3 amide bonds. The minimum atomic E-state index is -4.64. The first-order valence-corrected chi connectivity index (χ1v) is 15.5. The van der Waals surface area contributed by atoms with E-state index in [2.05, 4.69) is 39.7 Å². The zero-order valence-corrected chi connectivity index (χ0v) is 27.7. The van der Waals surface area contributed by atoms with Crippen LogP contribution in [-0.2, 0) is 16.1 Å². The van der Waals surface area contributed by atoms with Gasteiger partial charge < -0.3 is 34.7 Å². The highest BCUT2D eigenvalue weighted by molar-refractivity contribution is 6.00. The summed E-state index contributed by atoms with van der Waals surface area (Å²) in [6, 6.07) is 21.8. The number of ether oxygens (including phenoxy) is 2. The predicted octanol–water partition coefficient (Wildman–Crippen LogP) is 7.83. The average molecular weight is 684 g/mol. The zero-order valence-electron chi connectivity index (χ0n) is 27.7. The third kappa shape index (κ3) is 12.6. The summed E-state index contributed by atoms with van der Waals surface area (Å²) in [5.41, 5.74) is 3.61. The molecule has 1 heterocycles. The molecule has 1 unspecified atom stereocenters. The van der Waals surface area contributed by atoms with Crippen LogP contribution in [0.5, 0.6) is 5.75 Å². The van der Waals surface area contributed by atoms with Crippen molar-refractivity contribution in [3.05, 3.63) is 96.5 Å². The van der Waals surface area contributed by atoms with E-state index in [1.165, 1.54) is 6.39 Å². The maximum atomic E-state index is 12.8. The maximum Gasteiger partial charge on any atom is 0.449 e. The first-order valence-electron chi connectivity index (χ1n) is 15.5. The van der Waals surface area contributed by atoms with Crippen molar-refractivity contribution < 1.29 is 41.4 Å². The number of anilines is 2. The highest BCUT2D eigenvalue weighted by Crippen LogP contribution is 2.32. The first kappa shape index (κ1) is 38.1. The number of Topliss-reactive ketones (excluding diaryl/α,β-unsaturated/α-hetero) is 1. The van der Waals surface area contributed by atoms with E-state index in [9.17, 15) is 27.6 Å². The third-order valence-electron chi connectivity index (χ3n) is 7.20. The van der Waals surface area contributed by atoms with Crippen LogP contribution in [-0.4, -0.2) is 60.7 Å². The monoisotopic (exact) mass is 683 g/mol. The number of hydrogen-bond acceptors (Lipinski definition) is 8. The average Bonchev–Trinajstić information content (AvgIpc) is 3.62. The minimum Gasteiger partial charge on any atom is -0.496 e. The second-order valence-electron chi connectivity index (χ2n) is 10.6. The fourth-order valence-electron chi connectivity index (χ4n) is 4.52. The molecule has 0 saturated carbocycles. The number of carbonyl (C=O) groups excluding carboxylic acids is 3. The van der Waals surface area contributed by atoms with Gasteiger partial charge >= 0.3 is 18.3 Å². The van der Waals surface area contributed by atoms with Crippen LogP contribution >= 0.6 is 0 Å². The van der Waals surface area contributed by atoms with Crippen LogP contribution in [0, 0.1) is 0 Å². The van der Waals surface area contributed by atoms with Gasteiger partial charge in [-0.15, -0.1) is 0 Å². The Morgan fingerprint density at radius 1 is 0.939 bits per heavy atom. The summed E-state index contributed by atoms with van der Waals surface area (Å²) in [5.74, 6) is -0.660. The third-order valence-corrected chi connectivity index (χ3v) is 7.20. The Morgan fingerprint density at radius 2 is 1.61 bits per heavy atom. The molecule has 0 aliphatic carbocycles. The first-order chi connectivity index (χ1) is 23.4. The molecule has 0 saturated heterocycles. The molecule has 3 N–H and O–H groups in total. The van der Waals surface area contributed by atoms with E-state index in [4.69, 9.17) is 13.9 Å². The van der Waals surface area contributed by atoms with Gasteiger partial charge in [-0.1, -0.05) is 56.3 Å². The minimum absolute atomic E-state index is 0.244. The van der Waals surface area contributed by atoms with E-state index in [1.54, 1.807) is 43.6 Å². The van der Waals surface area contributed by atoms with Gasteiger partial charge in [0.05, 0.1) is 18.9 Å². The Hall–Kier alpha value is -5.37. The molecule has 0 bridgehead atoms. The van der Waals surface area contributed by atoms with Crippen molar-refractivity contribution in [1.29, 1.82) is 0 Å². The summed E-state index contributed by atoms with van der Waals surface area (Å²) in [7, 11) is 1.54. The normalized spacial score (nSPS) is 11.5. The number of hydrogen-bond donors (Lipinski definition) is 3. The van der Waals surface area contributed by atoms with Crippen molar-refractivity contribution in [2.24, 2.45) is 0 Å². The molecule has 0 radical (unpaired) electrons. The van der Waals surface area contributed by atoms with Crippen molar-refractivity contribution in [3.8, 4) is 17.1 Å². The lowest BCUT2D eigenvalue weighted by Crippen LogP contribution is -2.29. The Labute approximate surface area is 282 Å². The summed E-state index contributed by atoms with van der Waals surface area (Å²) in [4.78, 5) is 41.0. The lowest BCUT2D eigenvalue weighted by atomic mass is 10.1. The summed E-state index contributed by atoms with van der Waals surface area (Å²) in [5, 5.41) is 8.46. The lowest BCUT2D eigenvalue weighted by Gasteiger charge is -2.23. The van der Waals surface area contributed by atoms with E-state index >= 15 is 0 Å². The Bertz CT molecular complexity index is 1630. The van der Waals surface area contributed by atoms with Crippen LogP contribution in [0.2, 0.25) is 0 Å². The van der Waals surface area contributed by atoms with Crippen molar-refractivity contribution in [2.75, 3.05) is 37.4 Å². The van der Waals surface area contributed by atoms with Crippen LogP contribution < -0.4 is 20.7 Å². The summed E-state index contributed by atoms with van der Waals surface area (Å²) >= 11 is 0. The highest BCUT2D eigenvalue weighted by Gasteiger charge is 2.33. The lowest BCUT2D eigenvalue weighted by molar-refractivity contribution is -0.168. The molecule has 11 nitrogen and oxygen atoms in total. The summed E-state index contributed by atoms with van der Waals surface area (Å²) < 4.78 is 49.1. The largest absolute Gasteiger partial charge is 0.496 e. The smallest absolute Gasteiger partial charge is 0.449 e. The van der Waals surface area contributed by atoms with Crippen molar-refractivity contribution in [2.45, 2.75) is 46.0 Å². The molecule has 0 fully saturated rings. The van der Waals surface area contributed by atoms with Gasteiger partial charge in [-0.2, -0.15) is 13.2 Å². The van der Waals surface area contributed by atoms with Crippen LogP contribution in [0.15, 0.2) is 89.8 Å². The van der Waals surface area contributed by atoms with E-state index in [0.717, 1.165) is 36.3 Å². The zero-order chi connectivity index (χ0) is 35.8. The number of halogens is 3. The number of methoxy groups -OCH3 is 1. The van der Waals surface area contributed by atoms with Gasteiger partial charge in [0.25, 0.3) is 0 Å². The molecule has 3 aromatic carbocycles. The number of aromatic nitrogens is 1. The summed E-state index contributed by atoms with van der Waals surface area (Å²) in [6.07, 6.45) is -1.86. The number of nitrogens with zero attached hydrogens (tertiary/aromatic N) is 2. The number of rotatable bonds is 13. The number of nitrogens with one attached hydrogen (secondary N) is 3. The van der Waals surface area contributed by atoms with E-state index in [-0.39, 0.29) is 12.6 Å². The predicted molar refractivity (Wildman–Crippen MR) is 179 cm³/mol. The molecular formula is C35H40F3N5O6. The van der Waals surface area contributed by atoms with Gasteiger partial charge in [-0.05, 0) is 48.5 Å². The van der Waals surface area contributed by atoms with Gasteiger partial charge in [0.2, 0.25) is 5.78 Å². The molecule has 1 atom stereocenters. The number of ketones is 1. The van der Waals surface area contributed by atoms with Gasteiger partial charge in [0, 0.05) is 43.9 Å². The van der Waals surface area contributed by atoms with Gasteiger partial charge in [0.15, 0.2) is 12.2 Å². The van der Waals surface area contributed by atoms with Crippen molar-refractivity contribution in [1.82, 2.24) is 15.2 Å². The quantitative estimate of drug-likeness (QED) is 0.130. The fraction of sp³-hybridized carbons (Fsp3) is 0.314. The molecule has 4 aromatic rings. The van der Waals surface area contributed by atoms with Crippen molar-refractivity contribution >= 4 is 29.3 Å².